The molecule has 3 aromatic heterocycles. The Morgan fingerprint density at radius 3 is 2.40 bits per heavy atom. The van der Waals surface area contributed by atoms with E-state index in [1.165, 1.54) is 36.3 Å². The quantitative estimate of drug-likeness (QED) is 0.425. The molecule has 0 aliphatic rings. The second-order valence-corrected chi connectivity index (χ2v) is 8.29. The summed E-state index contributed by atoms with van der Waals surface area (Å²) in [6.07, 6.45) is -4.21. The number of hydrogen-bond donors (Lipinski definition) is 1. The second kappa shape index (κ2) is 8.69. The normalized spacial score (nSPS) is 11.7. The van der Waals surface area contributed by atoms with Crippen LogP contribution in [0.5, 0.6) is 0 Å². The maximum Gasteiger partial charge on any atom is 0.422 e. The lowest BCUT2D eigenvalue weighted by molar-refractivity contribution is -0.142. The summed E-state index contributed by atoms with van der Waals surface area (Å²) < 4.78 is 68.2. The van der Waals surface area contributed by atoms with Crippen molar-refractivity contribution in [1.29, 1.82) is 0 Å². The summed E-state index contributed by atoms with van der Waals surface area (Å²) in [5.41, 5.74) is -3.07. The lowest BCUT2D eigenvalue weighted by Crippen LogP contribution is -2.37. The molecule has 1 aromatic carbocycles. The SMILES string of the molecule is Cn1c(=O)c2c(CC(=O)Nc3nc(-c4cc(F)c(C(F)(F)F)c(F)c4)cs3)nccc2n(C)c1=O. The van der Waals surface area contributed by atoms with Crippen molar-refractivity contribution in [2.24, 2.45) is 14.1 Å². The van der Waals surface area contributed by atoms with Crippen LogP contribution >= 0.6 is 11.3 Å². The van der Waals surface area contributed by atoms with Crippen LogP contribution in [0.4, 0.5) is 27.1 Å². The Morgan fingerprint density at radius 2 is 1.77 bits per heavy atom. The molecule has 0 spiro atoms. The van der Waals surface area contributed by atoms with Crippen LogP contribution in [-0.4, -0.2) is 25.0 Å². The number of pyridine rings is 1. The number of thiazole rings is 1. The molecular formula is C21H14F5N5O3S. The van der Waals surface area contributed by atoms with Gasteiger partial charge in [0.05, 0.1) is 28.7 Å². The van der Waals surface area contributed by atoms with E-state index in [4.69, 9.17) is 0 Å². The maximum absolute atomic E-state index is 13.9. The Labute approximate surface area is 196 Å². The van der Waals surface area contributed by atoms with Crippen LogP contribution in [0.25, 0.3) is 22.2 Å². The number of aryl methyl sites for hydroxylation is 1. The van der Waals surface area contributed by atoms with Gasteiger partial charge in [0.25, 0.3) is 5.56 Å². The van der Waals surface area contributed by atoms with Crippen molar-refractivity contribution in [1.82, 2.24) is 19.1 Å². The van der Waals surface area contributed by atoms with Gasteiger partial charge in [-0.3, -0.25) is 23.7 Å². The van der Waals surface area contributed by atoms with Gasteiger partial charge in [0, 0.05) is 31.2 Å². The number of anilines is 1. The number of benzene rings is 1. The van der Waals surface area contributed by atoms with Gasteiger partial charge >= 0.3 is 11.9 Å². The predicted octanol–water partition coefficient (Wildman–Crippen LogP) is 3.23. The first-order valence-corrected chi connectivity index (χ1v) is 10.6. The van der Waals surface area contributed by atoms with Crippen molar-refractivity contribution in [3.8, 4) is 11.3 Å². The van der Waals surface area contributed by atoms with E-state index in [1.54, 1.807) is 0 Å². The molecule has 35 heavy (non-hydrogen) atoms. The fourth-order valence-corrected chi connectivity index (χ4v) is 4.23. The average Bonchev–Trinajstić information content (AvgIpc) is 3.23. The summed E-state index contributed by atoms with van der Waals surface area (Å²) in [7, 11) is 2.77. The molecule has 8 nitrogen and oxygen atoms in total. The summed E-state index contributed by atoms with van der Waals surface area (Å²) in [5.74, 6) is -4.21. The highest BCUT2D eigenvalue weighted by atomic mass is 32.1. The number of fused-ring (bicyclic) bond motifs is 1. The van der Waals surface area contributed by atoms with E-state index in [2.05, 4.69) is 15.3 Å². The number of aromatic nitrogens is 4. The molecule has 0 radical (unpaired) electrons. The number of rotatable bonds is 4. The first kappa shape index (κ1) is 24.2. The highest BCUT2D eigenvalue weighted by molar-refractivity contribution is 7.14. The monoisotopic (exact) mass is 511 g/mol. The molecule has 4 aromatic rings. The van der Waals surface area contributed by atoms with Gasteiger partial charge in [-0.1, -0.05) is 0 Å². The molecule has 0 unspecified atom stereocenters. The second-order valence-electron chi connectivity index (χ2n) is 7.43. The lowest BCUT2D eigenvalue weighted by atomic mass is 10.1. The van der Waals surface area contributed by atoms with Crippen LogP contribution in [0.1, 0.15) is 11.3 Å². The van der Waals surface area contributed by atoms with Crippen molar-refractivity contribution < 1.29 is 26.7 Å². The summed E-state index contributed by atoms with van der Waals surface area (Å²) in [5, 5.41) is 3.85. The molecule has 3 heterocycles. The van der Waals surface area contributed by atoms with Crippen LogP contribution in [0.2, 0.25) is 0 Å². The fourth-order valence-electron chi connectivity index (χ4n) is 3.49. The molecule has 4 rings (SSSR count). The minimum atomic E-state index is -5.20. The molecule has 0 aliphatic heterocycles. The van der Waals surface area contributed by atoms with Crippen molar-refractivity contribution >= 4 is 33.3 Å². The molecule has 0 bridgehead atoms. The fraction of sp³-hybridized carbons (Fsp3) is 0.190. The lowest BCUT2D eigenvalue weighted by Gasteiger charge is -2.10. The van der Waals surface area contributed by atoms with Crippen molar-refractivity contribution in [3.63, 3.8) is 0 Å². The Morgan fingerprint density at radius 1 is 1.11 bits per heavy atom. The number of nitrogens with zero attached hydrogens (tertiary/aromatic N) is 4. The minimum absolute atomic E-state index is 0.00579. The number of carbonyl (C=O) groups is 1. The number of carbonyl (C=O) groups excluding carboxylic acids is 1. The molecule has 0 fully saturated rings. The van der Waals surface area contributed by atoms with Crippen LogP contribution in [0.15, 0.2) is 39.4 Å². The maximum atomic E-state index is 13.9. The smallest absolute Gasteiger partial charge is 0.302 e. The highest BCUT2D eigenvalue weighted by Gasteiger charge is 2.38. The van der Waals surface area contributed by atoms with E-state index in [0.29, 0.717) is 17.6 Å². The van der Waals surface area contributed by atoms with Gasteiger partial charge in [-0.2, -0.15) is 13.2 Å². The zero-order valence-electron chi connectivity index (χ0n) is 17.9. The van der Waals surface area contributed by atoms with E-state index in [-0.39, 0.29) is 33.9 Å². The standard InChI is InChI=1S/C21H14F5N5O3S/c1-30-14-3-4-27-12(16(14)18(33)31(2)20(30)34)7-15(32)29-19-28-13(8-35-19)9-5-10(22)17(11(23)6-9)21(24,25)26/h3-6,8H,7H2,1-2H3,(H,28,29,32). The molecule has 0 aliphatic carbocycles. The Hall–Kier alpha value is -3.94. The van der Waals surface area contributed by atoms with E-state index in [9.17, 15) is 36.3 Å². The van der Waals surface area contributed by atoms with E-state index in [0.717, 1.165) is 15.9 Å². The molecule has 182 valence electrons. The van der Waals surface area contributed by atoms with Gasteiger partial charge in [0.1, 0.15) is 17.2 Å². The summed E-state index contributed by atoms with van der Waals surface area (Å²) >= 11 is 0.876. The summed E-state index contributed by atoms with van der Waals surface area (Å²) in [6.45, 7) is 0. The molecular weight excluding hydrogens is 497 g/mol. The summed E-state index contributed by atoms with van der Waals surface area (Å²) in [4.78, 5) is 45.4. The Kier molecular flexibility index (Phi) is 6.00. The van der Waals surface area contributed by atoms with Crippen molar-refractivity contribution in [2.75, 3.05) is 5.32 Å². The molecule has 14 heteroatoms. The zero-order valence-corrected chi connectivity index (χ0v) is 18.7. The van der Waals surface area contributed by atoms with Crippen LogP contribution in [0.3, 0.4) is 0 Å². The number of nitrogens with one attached hydrogen (secondary N) is 1. The van der Waals surface area contributed by atoms with Crippen LogP contribution < -0.4 is 16.6 Å². The molecule has 0 saturated carbocycles. The number of amides is 1. The molecule has 1 amide bonds. The van der Waals surface area contributed by atoms with E-state index in [1.807, 2.05) is 0 Å². The van der Waals surface area contributed by atoms with Gasteiger partial charge in [-0.15, -0.1) is 11.3 Å². The third-order valence-electron chi connectivity index (χ3n) is 5.16. The van der Waals surface area contributed by atoms with Crippen molar-refractivity contribution in [3.05, 3.63) is 73.5 Å². The Balaban J connectivity index is 1.59. The third-order valence-corrected chi connectivity index (χ3v) is 5.92. The zero-order chi connectivity index (χ0) is 25.7. The molecule has 0 saturated heterocycles. The Bertz CT molecular complexity index is 1580. The summed E-state index contributed by atoms with van der Waals surface area (Å²) in [6, 6.07) is 2.48. The first-order valence-electron chi connectivity index (χ1n) is 9.74. The third kappa shape index (κ3) is 4.43. The van der Waals surface area contributed by atoms with E-state index < -0.39 is 40.5 Å². The predicted molar refractivity (Wildman–Crippen MR) is 117 cm³/mol. The number of hydrogen-bond acceptors (Lipinski definition) is 6. The van der Waals surface area contributed by atoms with Gasteiger partial charge < -0.3 is 5.32 Å². The average molecular weight is 511 g/mol. The largest absolute Gasteiger partial charge is 0.422 e. The van der Waals surface area contributed by atoms with Gasteiger partial charge in [0.2, 0.25) is 5.91 Å². The van der Waals surface area contributed by atoms with E-state index >= 15 is 0 Å². The first-order chi connectivity index (χ1) is 16.4. The minimum Gasteiger partial charge on any atom is -0.302 e. The molecule has 0 atom stereocenters. The van der Waals surface area contributed by atoms with Gasteiger partial charge in [-0.25, -0.2) is 18.6 Å². The number of alkyl halides is 3. The van der Waals surface area contributed by atoms with Gasteiger partial charge in [0.15, 0.2) is 5.13 Å². The van der Waals surface area contributed by atoms with Crippen molar-refractivity contribution in [2.45, 2.75) is 12.6 Å². The van der Waals surface area contributed by atoms with Crippen LogP contribution in [0, 0.1) is 11.6 Å². The topological polar surface area (TPSA) is 98.9 Å². The highest BCUT2D eigenvalue weighted by Crippen LogP contribution is 2.36. The van der Waals surface area contributed by atoms with Gasteiger partial charge in [-0.05, 0) is 18.2 Å². The molecule has 1 N–H and O–H groups in total. The van der Waals surface area contributed by atoms with Crippen LogP contribution in [-0.2, 0) is 31.5 Å². The number of halogens is 5.